The van der Waals surface area contributed by atoms with Crippen LogP contribution in [0.3, 0.4) is 0 Å². The van der Waals surface area contributed by atoms with E-state index >= 15 is 0 Å². The van der Waals surface area contributed by atoms with Gasteiger partial charge in [0, 0.05) is 31.2 Å². The summed E-state index contributed by atoms with van der Waals surface area (Å²) in [6, 6.07) is 16.5. The molecule has 10 nitrogen and oxygen atoms in total. The molecule has 2 atom stereocenters. The smallest absolute Gasteiger partial charge is 0.274 e. The molecule has 2 fully saturated rings. The fourth-order valence-corrected chi connectivity index (χ4v) is 5.51. The van der Waals surface area contributed by atoms with Crippen molar-refractivity contribution < 1.29 is 23.9 Å². The number of piperidine rings is 1. The molecule has 2 N–H and O–H groups in total. The van der Waals surface area contributed by atoms with Gasteiger partial charge in [-0.2, -0.15) is 5.10 Å². The van der Waals surface area contributed by atoms with Crippen molar-refractivity contribution >= 4 is 17.7 Å². The van der Waals surface area contributed by atoms with E-state index in [9.17, 15) is 14.4 Å². The second-order valence-corrected chi connectivity index (χ2v) is 11.0. The number of hydrogen-bond donors (Lipinski definition) is 2. The molecule has 6 rings (SSSR count). The summed E-state index contributed by atoms with van der Waals surface area (Å²) in [5.41, 5.74) is 3.13. The van der Waals surface area contributed by atoms with Crippen molar-refractivity contribution in [1.29, 1.82) is 0 Å². The first-order valence-electron chi connectivity index (χ1n) is 14.3. The molecule has 1 saturated heterocycles. The van der Waals surface area contributed by atoms with Crippen molar-refractivity contribution in [3.8, 4) is 11.5 Å². The number of carbonyl (C=O) groups excluding carboxylic acids is 3. The molecule has 1 saturated carbocycles. The average Bonchev–Trinajstić information content (AvgIpc) is 3.70. The SMILES string of the molecule is CCN1CC(=O)N[C@H]2CN(C(=O)c3cc(C4CC4)[nH]n3)CC[C@@H]2OCc2cccc(c2)Oc2cccc(c2)CC1=O. The Bertz CT molecular complexity index is 1430. The van der Waals surface area contributed by atoms with Crippen molar-refractivity contribution in [2.75, 3.05) is 26.2 Å². The lowest BCUT2D eigenvalue weighted by atomic mass is 10.0. The maximum absolute atomic E-state index is 13.3. The average molecular weight is 558 g/mol. The first-order valence-corrected chi connectivity index (χ1v) is 14.3. The second kappa shape index (κ2) is 11.7. The van der Waals surface area contributed by atoms with E-state index in [0.29, 0.717) is 49.2 Å². The normalized spacial score (nSPS) is 21.9. The van der Waals surface area contributed by atoms with Crippen LogP contribution < -0.4 is 10.1 Å². The summed E-state index contributed by atoms with van der Waals surface area (Å²) < 4.78 is 12.4. The fraction of sp³-hybridized carbons (Fsp3) is 0.419. The summed E-state index contributed by atoms with van der Waals surface area (Å²) >= 11 is 0. The van der Waals surface area contributed by atoms with Gasteiger partial charge in [0.1, 0.15) is 17.2 Å². The molecule has 0 unspecified atom stereocenters. The third kappa shape index (κ3) is 6.43. The molecule has 0 radical (unpaired) electrons. The van der Waals surface area contributed by atoms with Gasteiger partial charge in [-0.3, -0.25) is 19.5 Å². The Morgan fingerprint density at radius 3 is 2.54 bits per heavy atom. The van der Waals surface area contributed by atoms with Gasteiger partial charge in [0.05, 0.1) is 31.7 Å². The van der Waals surface area contributed by atoms with Gasteiger partial charge in [-0.05, 0) is 67.6 Å². The monoisotopic (exact) mass is 557 g/mol. The largest absolute Gasteiger partial charge is 0.457 e. The molecule has 4 bridgehead atoms. The standard InChI is InChI=1S/C31H35N5O5/c1-2-35-18-29(37)32-27-17-36(31(39)26-16-25(33-34-26)22-9-10-22)12-11-28(27)40-19-21-6-4-8-24(14-21)41-23-7-3-5-20(13-23)15-30(35)38/h3-8,13-14,16,22,27-28H,2,9-12,15,17-19H2,1H3,(H,32,37)(H,33,34)/t27-,28-/m0/s1. The highest BCUT2D eigenvalue weighted by Crippen LogP contribution is 2.39. The minimum atomic E-state index is -0.444. The Labute approximate surface area is 239 Å². The zero-order chi connectivity index (χ0) is 28.3. The Morgan fingerprint density at radius 1 is 1.02 bits per heavy atom. The van der Waals surface area contributed by atoms with Crippen LogP contribution in [0.1, 0.15) is 59.4 Å². The second-order valence-electron chi connectivity index (χ2n) is 11.0. The van der Waals surface area contributed by atoms with E-state index in [1.165, 1.54) is 4.90 Å². The number of amides is 3. The van der Waals surface area contributed by atoms with Gasteiger partial charge in [0.2, 0.25) is 11.8 Å². The number of benzene rings is 2. The number of carbonyl (C=O) groups is 3. The third-order valence-corrected chi connectivity index (χ3v) is 7.94. The first kappa shape index (κ1) is 27.0. The van der Waals surface area contributed by atoms with E-state index in [-0.39, 0.29) is 43.3 Å². The number of hydrogen-bond acceptors (Lipinski definition) is 6. The number of fused-ring (bicyclic) bond motifs is 5. The minimum Gasteiger partial charge on any atom is -0.457 e. The van der Waals surface area contributed by atoms with Crippen LogP contribution in [-0.2, 0) is 27.4 Å². The summed E-state index contributed by atoms with van der Waals surface area (Å²) in [6.45, 7) is 3.27. The highest BCUT2D eigenvalue weighted by Gasteiger charge is 2.35. The molecule has 214 valence electrons. The number of nitrogens with one attached hydrogen (secondary N) is 2. The van der Waals surface area contributed by atoms with Gasteiger partial charge in [0.25, 0.3) is 5.91 Å². The van der Waals surface area contributed by atoms with Gasteiger partial charge >= 0.3 is 0 Å². The molecule has 0 spiro atoms. The summed E-state index contributed by atoms with van der Waals surface area (Å²) in [6.07, 6.45) is 2.62. The topological polar surface area (TPSA) is 117 Å². The van der Waals surface area contributed by atoms with Crippen LogP contribution >= 0.6 is 0 Å². The number of H-pyrrole nitrogens is 1. The summed E-state index contributed by atoms with van der Waals surface area (Å²) in [5.74, 6) is 1.18. The maximum atomic E-state index is 13.3. The molecule has 2 aliphatic heterocycles. The number of aromatic amines is 1. The molecule has 3 aromatic rings. The van der Waals surface area contributed by atoms with Crippen LogP contribution in [0.4, 0.5) is 0 Å². The number of likely N-dealkylation sites (tertiary alicyclic amines) is 1. The Hall–Kier alpha value is -4.18. The fourth-order valence-electron chi connectivity index (χ4n) is 5.51. The number of likely N-dealkylation sites (N-methyl/N-ethyl adjacent to an activating group) is 1. The van der Waals surface area contributed by atoms with Crippen molar-refractivity contribution in [3.63, 3.8) is 0 Å². The van der Waals surface area contributed by atoms with E-state index in [1.54, 1.807) is 4.90 Å². The highest BCUT2D eigenvalue weighted by molar-refractivity contribution is 5.92. The van der Waals surface area contributed by atoms with Crippen molar-refractivity contribution in [3.05, 3.63) is 77.1 Å². The van der Waals surface area contributed by atoms with Crippen LogP contribution in [0.25, 0.3) is 0 Å². The first-order chi connectivity index (χ1) is 19.9. The van der Waals surface area contributed by atoms with E-state index in [2.05, 4.69) is 15.5 Å². The molecule has 10 heteroatoms. The van der Waals surface area contributed by atoms with Crippen molar-refractivity contribution in [2.45, 2.75) is 57.3 Å². The van der Waals surface area contributed by atoms with Crippen molar-refractivity contribution in [2.24, 2.45) is 0 Å². The lowest BCUT2D eigenvalue weighted by Gasteiger charge is -2.38. The third-order valence-electron chi connectivity index (χ3n) is 7.94. The van der Waals surface area contributed by atoms with Gasteiger partial charge in [-0.25, -0.2) is 0 Å². The predicted molar refractivity (Wildman–Crippen MR) is 151 cm³/mol. The van der Waals surface area contributed by atoms with Crippen LogP contribution in [0, 0.1) is 0 Å². The molecule has 1 aromatic heterocycles. The van der Waals surface area contributed by atoms with E-state index in [1.807, 2.05) is 61.5 Å². The van der Waals surface area contributed by atoms with E-state index in [0.717, 1.165) is 29.7 Å². The molecule has 3 amide bonds. The van der Waals surface area contributed by atoms with Crippen molar-refractivity contribution in [1.82, 2.24) is 25.3 Å². The van der Waals surface area contributed by atoms with Crippen LogP contribution in [0.15, 0.2) is 54.6 Å². The summed E-state index contributed by atoms with van der Waals surface area (Å²) in [5, 5.41) is 10.3. The molecule has 41 heavy (non-hydrogen) atoms. The number of ether oxygens (including phenoxy) is 2. The quantitative estimate of drug-likeness (QED) is 0.510. The molecular formula is C31H35N5O5. The molecule has 1 aliphatic carbocycles. The summed E-state index contributed by atoms with van der Waals surface area (Å²) in [7, 11) is 0. The lowest BCUT2D eigenvalue weighted by molar-refractivity contribution is -0.136. The number of rotatable bonds is 3. The number of aromatic nitrogens is 2. The van der Waals surface area contributed by atoms with E-state index < -0.39 is 6.04 Å². The number of nitrogens with zero attached hydrogens (tertiary/aromatic N) is 3. The zero-order valence-electron chi connectivity index (χ0n) is 23.2. The van der Waals surface area contributed by atoms with Gasteiger partial charge < -0.3 is 24.6 Å². The Morgan fingerprint density at radius 2 is 1.78 bits per heavy atom. The van der Waals surface area contributed by atoms with E-state index in [4.69, 9.17) is 9.47 Å². The molecule has 3 aliphatic rings. The van der Waals surface area contributed by atoms with Crippen LogP contribution in [0.5, 0.6) is 11.5 Å². The Kier molecular flexibility index (Phi) is 7.74. The highest BCUT2D eigenvalue weighted by atomic mass is 16.5. The molecular weight excluding hydrogens is 522 g/mol. The van der Waals surface area contributed by atoms with Gasteiger partial charge in [0.15, 0.2) is 0 Å². The van der Waals surface area contributed by atoms with Gasteiger partial charge in [-0.1, -0.05) is 24.3 Å². The summed E-state index contributed by atoms with van der Waals surface area (Å²) in [4.78, 5) is 43.0. The Balaban J connectivity index is 1.23. The molecule has 3 heterocycles. The molecule has 2 aromatic carbocycles. The maximum Gasteiger partial charge on any atom is 0.274 e. The minimum absolute atomic E-state index is 0.0758. The predicted octanol–water partition coefficient (Wildman–Crippen LogP) is 3.40. The van der Waals surface area contributed by atoms with Gasteiger partial charge in [-0.15, -0.1) is 0 Å². The van der Waals surface area contributed by atoms with Crippen LogP contribution in [-0.4, -0.2) is 76.0 Å². The zero-order valence-corrected chi connectivity index (χ0v) is 23.2. The lowest BCUT2D eigenvalue weighted by Crippen LogP contribution is -2.58. The van der Waals surface area contributed by atoms with Crippen LogP contribution in [0.2, 0.25) is 0 Å².